The maximum absolute atomic E-state index is 13.6. The average molecular weight is 613 g/mol. The van der Waals surface area contributed by atoms with Gasteiger partial charge in [-0.2, -0.15) is 0 Å². The highest BCUT2D eigenvalue weighted by Gasteiger charge is 2.30. The number of nitrogens with one attached hydrogen (secondary N) is 3. The standard InChI is InChI=1S/C30H37ClN6O6/c1-17-14-37(30(40)33-22-9-7-8-21(31)12-22)18(2)16-42-25-11-10-23(13-24(25)28(38)36(5)15-26(17)41-6)32-29(39)34-27-19(3)35-43-20(27)4/h7-13,17-18,26H,14-16H2,1-6H3,(H,33,40)(H2,32,34,39)/t17-,18-,26-/m1/s1. The van der Waals surface area contributed by atoms with Crippen molar-refractivity contribution in [1.29, 1.82) is 0 Å². The Balaban J connectivity index is 1.59. The normalized spacial score (nSPS) is 19.4. The van der Waals surface area contributed by atoms with Crippen LogP contribution in [0.2, 0.25) is 5.02 Å². The Morgan fingerprint density at radius 3 is 2.47 bits per heavy atom. The number of aromatic nitrogens is 1. The molecule has 3 aromatic rings. The lowest BCUT2D eigenvalue weighted by Crippen LogP contribution is -2.50. The highest BCUT2D eigenvalue weighted by Crippen LogP contribution is 2.27. The molecule has 13 heteroatoms. The van der Waals surface area contributed by atoms with Crippen molar-refractivity contribution in [2.24, 2.45) is 5.92 Å². The summed E-state index contributed by atoms with van der Waals surface area (Å²) in [5.74, 6) is 0.357. The number of hydrogen-bond donors (Lipinski definition) is 3. The molecule has 43 heavy (non-hydrogen) atoms. The lowest BCUT2D eigenvalue weighted by molar-refractivity contribution is 0.0174. The van der Waals surface area contributed by atoms with E-state index in [0.717, 1.165) is 0 Å². The van der Waals surface area contributed by atoms with Crippen molar-refractivity contribution in [3.05, 3.63) is 64.5 Å². The summed E-state index contributed by atoms with van der Waals surface area (Å²) >= 11 is 6.11. The van der Waals surface area contributed by atoms with Crippen molar-refractivity contribution >= 4 is 46.6 Å². The van der Waals surface area contributed by atoms with Crippen LogP contribution >= 0.6 is 11.6 Å². The summed E-state index contributed by atoms with van der Waals surface area (Å²) in [5.41, 5.74) is 2.22. The number of carbonyl (C=O) groups is 3. The fraction of sp³-hybridized carbons (Fsp3) is 0.400. The molecular formula is C30H37ClN6O6. The summed E-state index contributed by atoms with van der Waals surface area (Å²) in [4.78, 5) is 43.1. The minimum absolute atomic E-state index is 0.108. The van der Waals surface area contributed by atoms with Gasteiger partial charge in [0.25, 0.3) is 5.91 Å². The monoisotopic (exact) mass is 612 g/mol. The molecule has 230 valence electrons. The number of hydrogen-bond acceptors (Lipinski definition) is 7. The van der Waals surface area contributed by atoms with E-state index >= 15 is 0 Å². The van der Waals surface area contributed by atoms with Crippen molar-refractivity contribution < 1.29 is 28.4 Å². The molecule has 0 unspecified atom stereocenters. The van der Waals surface area contributed by atoms with Gasteiger partial charge in [-0.3, -0.25) is 4.79 Å². The molecule has 0 fully saturated rings. The summed E-state index contributed by atoms with van der Waals surface area (Å²) in [6.45, 7) is 7.99. The van der Waals surface area contributed by atoms with Gasteiger partial charge >= 0.3 is 12.1 Å². The van der Waals surface area contributed by atoms with E-state index < -0.39 is 6.03 Å². The molecule has 12 nitrogen and oxygen atoms in total. The maximum atomic E-state index is 13.6. The molecule has 0 saturated carbocycles. The Kier molecular flexibility index (Phi) is 10.1. The van der Waals surface area contributed by atoms with Crippen LogP contribution < -0.4 is 20.7 Å². The van der Waals surface area contributed by atoms with Gasteiger partial charge in [-0.1, -0.05) is 29.7 Å². The van der Waals surface area contributed by atoms with Gasteiger partial charge in [-0.15, -0.1) is 0 Å². The highest BCUT2D eigenvalue weighted by atomic mass is 35.5. The van der Waals surface area contributed by atoms with E-state index in [9.17, 15) is 14.4 Å². The van der Waals surface area contributed by atoms with Gasteiger partial charge in [0.15, 0.2) is 5.76 Å². The van der Waals surface area contributed by atoms with Crippen LogP contribution in [0.25, 0.3) is 0 Å². The van der Waals surface area contributed by atoms with Crippen molar-refractivity contribution in [3.63, 3.8) is 0 Å². The zero-order chi connectivity index (χ0) is 31.3. The van der Waals surface area contributed by atoms with Crippen LogP contribution in [0.15, 0.2) is 47.0 Å². The number of ether oxygens (including phenoxy) is 2. The molecule has 3 N–H and O–H groups in total. The molecule has 1 aromatic heterocycles. The van der Waals surface area contributed by atoms with Crippen LogP contribution in [-0.4, -0.2) is 78.9 Å². The maximum Gasteiger partial charge on any atom is 0.323 e. The predicted octanol–water partition coefficient (Wildman–Crippen LogP) is 5.63. The third-order valence-corrected chi connectivity index (χ3v) is 7.55. The summed E-state index contributed by atoms with van der Waals surface area (Å²) < 4.78 is 17.0. The second-order valence-electron chi connectivity index (χ2n) is 10.7. The fourth-order valence-corrected chi connectivity index (χ4v) is 5.03. The largest absolute Gasteiger partial charge is 0.491 e. The number of carbonyl (C=O) groups excluding carboxylic acids is 3. The molecular weight excluding hydrogens is 576 g/mol. The first kappa shape index (κ1) is 31.6. The van der Waals surface area contributed by atoms with Gasteiger partial charge in [0.05, 0.1) is 17.7 Å². The number of likely N-dealkylation sites (N-methyl/N-ethyl adjacent to an activating group) is 1. The lowest BCUT2D eigenvalue weighted by Gasteiger charge is -2.36. The zero-order valence-electron chi connectivity index (χ0n) is 25.1. The predicted molar refractivity (Wildman–Crippen MR) is 164 cm³/mol. The molecule has 3 atom stereocenters. The molecule has 5 amide bonds. The lowest BCUT2D eigenvalue weighted by atomic mass is 10.0. The van der Waals surface area contributed by atoms with Crippen LogP contribution in [0.5, 0.6) is 5.75 Å². The van der Waals surface area contributed by atoms with E-state index in [4.69, 9.17) is 25.6 Å². The third kappa shape index (κ3) is 7.76. The third-order valence-electron chi connectivity index (χ3n) is 7.31. The van der Waals surface area contributed by atoms with Crippen molar-refractivity contribution in [2.75, 3.05) is 49.8 Å². The molecule has 1 aliphatic rings. The number of nitrogens with zero attached hydrogens (tertiary/aromatic N) is 3. The van der Waals surface area contributed by atoms with Crippen molar-refractivity contribution in [3.8, 4) is 5.75 Å². The number of halogens is 1. The fourth-order valence-electron chi connectivity index (χ4n) is 4.84. The average Bonchev–Trinajstić information content (AvgIpc) is 3.28. The van der Waals surface area contributed by atoms with Crippen LogP contribution in [0, 0.1) is 19.8 Å². The number of fused-ring (bicyclic) bond motifs is 1. The number of rotatable bonds is 4. The van der Waals surface area contributed by atoms with E-state index in [1.165, 1.54) is 0 Å². The zero-order valence-corrected chi connectivity index (χ0v) is 25.8. The van der Waals surface area contributed by atoms with Crippen molar-refractivity contribution in [2.45, 2.75) is 39.8 Å². The Labute approximate surface area is 255 Å². The summed E-state index contributed by atoms with van der Waals surface area (Å²) in [5, 5.41) is 12.7. The minimum atomic E-state index is -0.521. The van der Waals surface area contributed by atoms with Gasteiger partial charge in [0.1, 0.15) is 23.7 Å². The Hall–Kier alpha value is -4.29. The van der Waals surface area contributed by atoms with Crippen LogP contribution in [-0.2, 0) is 4.74 Å². The van der Waals surface area contributed by atoms with Crippen LogP contribution in [0.3, 0.4) is 0 Å². The van der Waals surface area contributed by atoms with Gasteiger partial charge in [0.2, 0.25) is 0 Å². The van der Waals surface area contributed by atoms with Gasteiger partial charge in [0, 0.05) is 49.6 Å². The first-order valence-electron chi connectivity index (χ1n) is 13.9. The van der Waals surface area contributed by atoms with E-state index in [1.807, 2.05) is 13.8 Å². The van der Waals surface area contributed by atoms with Crippen LogP contribution in [0.4, 0.5) is 26.7 Å². The quantitative estimate of drug-likeness (QED) is 0.347. The molecule has 4 rings (SSSR count). The van der Waals surface area contributed by atoms with E-state index in [0.29, 0.717) is 45.8 Å². The minimum Gasteiger partial charge on any atom is -0.491 e. The Morgan fingerprint density at radius 2 is 1.79 bits per heavy atom. The molecule has 1 aliphatic heterocycles. The van der Waals surface area contributed by atoms with Gasteiger partial charge in [-0.25, -0.2) is 9.59 Å². The molecule has 0 radical (unpaired) electrons. The number of methoxy groups -OCH3 is 1. The number of urea groups is 2. The molecule has 2 heterocycles. The SMILES string of the molecule is CO[C@@H]1CN(C)C(=O)c2cc(NC(=O)Nc3c(C)noc3C)ccc2OC[C@@H](C)N(C(=O)Nc2cccc(Cl)c2)C[C@H]1C. The van der Waals surface area contributed by atoms with Gasteiger partial charge in [-0.05, 0) is 57.2 Å². The molecule has 2 aromatic carbocycles. The Morgan fingerprint density at radius 1 is 1.05 bits per heavy atom. The second-order valence-corrected chi connectivity index (χ2v) is 11.1. The second kappa shape index (κ2) is 13.8. The van der Waals surface area contributed by atoms with Crippen molar-refractivity contribution in [1.82, 2.24) is 15.0 Å². The summed E-state index contributed by atoms with van der Waals surface area (Å²) in [7, 11) is 3.26. The number of anilines is 3. The molecule has 0 spiro atoms. The highest BCUT2D eigenvalue weighted by molar-refractivity contribution is 6.30. The number of aryl methyl sites for hydroxylation is 2. The number of amides is 5. The van der Waals surface area contributed by atoms with Gasteiger partial charge < -0.3 is 39.7 Å². The van der Waals surface area contributed by atoms with Crippen LogP contribution in [0.1, 0.15) is 35.7 Å². The smallest absolute Gasteiger partial charge is 0.323 e. The van der Waals surface area contributed by atoms with E-state index in [1.54, 1.807) is 80.3 Å². The molecule has 0 aliphatic carbocycles. The number of benzene rings is 2. The first-order valence-corrected chi connectivity index (χ1v) is 14.2. The summed E-state index contributed by atoms with van der Waals surface area (Å²) in [6.07, 6.45) is -0.367. The Bertz CT molecular complexity index is 1460. The van der Waals surface area contributed by atoms with E-state index in [2.05, 4.69) is 21.1 Å². The molecule has 0 saturated heterocycles. The first-order chi connectivity index (χ1) is 20.5. The summed E-state index contributed by atoms with van der Waals surface area (Å²) in [6, 6.07) is 10.5. The van der Waals surface area contributed by atoms with E-state index in [-0.39, 0.29) is 48.7 Å². The molecule has 0 bridgehead atoms. The topological polar surface area (TPSA) is 138 Å².